The Kier molecular flexibility index (Phi) is 2.60. The van der Waals surface area contributed by atoms with E-state index in [1.165, 1.54) is 5.71 Å². The standard InChI is InChI=1S/C8H14N2/c1-3-7(2)8-6-9-4-5-10-8/h6-7H,3-5H2,1-2H3. The molecule has 0 spiro atoms. The monoisotopic (exact) mass is 138 g/mol. The van der Waals surface area contributed by atoms with Crippen molar-refractivity contribution in [1.82, 2.24) is 0 Å². The summed E-state index contributed by atoms with van der Waals surface area (Å²) < 4.78 is 0. The van der Waals surface area contributed by atoms with Crippen molar-refractivity contribution in [2.45, 2.75) is 20.3 Å². The predicted molar refractivity (Wildman–Crippen MR) is 45.1 cm³/mol. The molecule has 0 aromatic rings. The smallest absolute Gasteiger partial charge is 0.0589 e. The Morgan fingerprint density at radius 2 is 2.40 bits per heavy atom. The molecule has 1 heterocycles. The maximum absolute atomic E-state index is 4.37. The second-order valence-electron chi connectivity index (χ2n) is 2.65. The number of hydrogen-bond acceptors (Lipinski definition) is 2. The Labute approximate surface area is 62.1 Å². The molecule has 1 aliphatic heterocycles. The Hall–Kier alpha value is -0.660. The molecule has 0 aromatic carbocycles. The van der Waals surface area contributed by atoms with Gasteiger partial charge in [-0.3, -0.25) is 9.98 Å². The molecule has 2 nitrogen and oxygen atoms in total. The van der Waals surface area contributed by atoms with Crippen LogP contribution in [-0.4, -0.2) is 25.0 Å². The van der Waals surface area contributed by atoms with Gasteiger partial charge in [-0.1, -0.05) is 13.8 Å². The van der Waals surface area contributed by atoms with Gasteiger partial charge in [-0.2, -0.15) is 0 Å². The summed E-state index contributed by atoms with van der Waals surface area (Å²) >= 11 is 0. The minimum Gasteiger partial charge on any atom is -0.289 e. The first-order valence-corrected chi connectivity index (χ1v) is 3.88. The van der Waals surface area contributed by atoms with Gasteiger partial charge in [0.15, 0.2) is 0 Å². The first-order valence-electron chi connectivity index (χ1n) is 3.88. The summed E-state index contributed by atoms with van der Waals surface area (Å²) in [5.74, 6) is 0.587. The van der Waals surface area contributed by atoms with Gasteiger partial charge in [-0.15, -0.1) is 0 Å². The summed E-state index contributed by atoms with van der Waals surface area (Å²) in [4.78, 5) is 8.54. The number of nitrogens with zero attached hydrogens (tertiary/aromatic N) is 2. The highest BCUT2D eigenvalue weighted by atomic mass is 14.9. The lowest BCUT2D eigenvalue weighted by atomic mass is 10.0. The van der Waals surface area contributed by atoms with Crippen LogP contribution in [0.1, 0.15) is 20.3 Å². The molecule has 1 atom stereocenters. The highest BCUT2D eigenvalue weighted by Gasteiger charge is 2.06. The third kappa shape index (κ3) is 1.66. The van der Waals surface area contributed by atoms with E-state index in [9.17, 15) is 0 Å². The third-order valence-corrected chi connectivity index (χ3v) is 1.86. The molecule has 10 heavy (non-hydrogen) atoms. The first-order chi connectivity index (χ1) is 4.84. The Balaban J connectivity index is 2.54. The molecule has 56 valence electrons. The lowest BCUT2D eigenvalue weighted by Gasteiger charge is -2.10. The molecule has 0 N–H and O–H groups in total. The van der Waals surface area contributed by atoms with Crippen LogP contribution >= 0.6 is 0 Å². The van der Waals surface area contributed by atoms with Gasteiger partial charge < -0.3 is 0 Å². The molecular weight excluding hydrogens is 124 g/mol. The van der Waals surface area contributed by atoms with Crippen molar-refractivity contribution in [2.24, 2.45) is 15.9 Å². The van der Waals surface area contributed by atoms with Gasteiger partial charge >= 0.3 is 0 Å². The highest BCUT2D eigenvalue weighted by molar-refractivity contribution is 6.31. The summed E-state index contributed by atoms with van der Waals surface area (Å²) in [5.41, 5.74) is 1.17. The molecular formula is C8H14N2. The van der Waals surface area contributed by atoms with Gasteiger partial charge in [0, 0.05) is 6.21 Å². The zero-order chi connectivity index (χ0) is 7.40. The molecule has 2 heteroatoms. The van der Waals surface area contributed by atoms with E-state index in [0.717, 1.165) is 19.5 Å². The van der Waals surface area contributed by atoms with Gasteiger partial charge in [-0.25, -0.2) is 0 Å². The molecule has 1 aliphatic rings. The van der Waals surface area contributed by atoms with Crippen LogP contribution in [0.4, 0.5) is 0 Å². The van der Waals surface area contributed by atoms with Crippen molar-refractivity contribution < 1.29 is 0 Å². The van der Waals surface area contributed by atoms with Crippen LogP contribution in [0.3, 0.4) is 0 Å². The van der Waals surface area contributed by atoms with E-state index in [1.807, 2.05) is 6.21 Å². The van der Waals surface area contributed by atoms with Crippen molar-refractivity contribution in [3.05, 3.63) is 0 Å². The summed E-state index contributed by atoms with van der Waals surface area (Å²) in [7, 11) is 0. The summed E-state index contributed by atoms with van der Waals surface area (Å²) in [5, 5.41) is 0. The van der Waals surface area contributed by atoms with Gasteiger partial charge in [0.2, 0.25) is 0 Å². The summed E-state index contributed by atoms with van der Waals surface area (Å²) in [6.07, 6.45) is 3.07. The second kappa shape index (κ2) is 3.49. The van der Waals surface area contributed by atoms with Crippen molar-refractivity contribution in [3.63, 3.8) is 0 Å². The quantitative estimate of drug-likeness (QED) is 0.553. The second-order valence-corrected chi connectivity index (χ2v) is 2.65. The Morgan fingerprint density at radius 3 is 2.90 bits per heavy atom. The Morgan fingerprint density at radius 1 is 1.60 bits per heavy atom. The number of aliphatic imine (C=N–C) groups is 2. The number of hydrogen-bond donors (Lipinski definition) is 0. The maximum Gasteiger partial charge on any atom is 0.0589 e. The summed E-state index contributed by atoms with van der Waals surface area (Å²) in [6.45, 7) is 6.13. The molecule has 0 amide bonds. The molecule has 1 rings (SSSR count). The average Bonchev–Trinajstić information content (AvgIpc) is 2.05. The maximum atomic E-state index is 4.37. The van der Waals surface area contributed by atoms with Crippen LogP contribution in [0.15, 0.2) is 9.98 Å². The lowest BCUT2D eigenvalue weighted by molar-refractivity contribution is 0.738. The lowest BCUT2D eigenvalue weighted by Crippen LogP contribution is -2.16. The molecule has 0 aliphatic carbocycles. The van der Waals surface area contributed by atoms with Crippen molar-refractivity contribution in [3.8, 4) is 0 Å². The van der Waals surface area contributed by atoms with E-state index in [-0.39, 0.29) is 0 Å². The molecule has 0 radical (unpaired) electrons. The predicted octanol–water partition coefficient (Wildman–Crippen LogP) is 1.56. The SMILES string of the molecule is CCC(C)C1=NCCN=C1. The minimum absolute atomic E-state index is 0.587. The summed E-state index contributed by atoms with van der Waals surface area (Å²) in [6, 6.07) is 0. The fourth-order valence-corrected chi connectivity index (χ4v) is 0.928. The largest absolute Gasteiger partial charge is 0.289 e. The van der Waals surface area contributed by atoms with E-state index in [2.05, 4.69) is 23.8 Å². The molecule has 0 fully saturated rings. The van der Waals surface area contributed by atoms with Crippen LogP contribution in [0.2, 0.25) is 0 Å². The Bertz CT molecular complexity index is 159. The van der Waals surface area contributed by atoms with Gasteiger partial charge in [0.05, 0.1) is 18.8 Å². The molecule has 1 unspecified atom stereocenters. The average molecular weight is 138 g/mol. The molecule has 0 aromatic heterocycles. The topological polar surface area (TPSA) is 24.7 Å². The molecule has 0 bridgehead atoms. The van der Waals surface area contributed by atoms with Gasteiger partial charge in [0.25, 0.3) is 0 Å². The van der Waals surface area contributed by atoms with Gasteiger partial charge in [-0.05, 0) is 12.3 Å². The zero-order valence-corrected chi connectivity index (χ0v) is 6.67. The van der Waals surface area contributed by atoms with Crippen LogP contribution in [0, 0.1) is 5.92 Å². The first kappa shape index (κ1) is 7.45. The van der Waals surface area contributed by atoms with Crippen LogP contribution in [-0.2, 0) is 0 Å². The van der Waals surface area contributed by atoms with Crippen LogP contribution in [0.5, 0.6) is 0 Å². The molecule has 0 saturated heterocycles. The zero-order valence-electron chi connectivity index (χ0n) is 6.67. The van der Waals surface area contributed by atoms with Crippen LogP contribution < -0.4 is 0 Å². The van der Waals surface area contributed by atoms with E-state index >= 15 is 0 Å². The highest BCUT2D eigenvalue weighted by Crippen LogP contribution is 2.04. The minimum atomic E-state index is 0.587. The fourth-order valence-electron chi connectivity index (χ4n) is 0.928. The fraction of sp³-hybridized carbons (Fsp3) is 0.750. The number of rotatable bonds is 2. The third-order valence-electron chi connectivity index (χ3n) is 1.86. The van der Waals surface area contributed by atoms with Crippen molar-refractivity contribution in [1.29, 1.82) is 0 Å². The van der Waals surface area contributed by atoms with Crippen LogP contribution in [0.25, 0.3) is 0 Å². The normalized spacial score (nSPS) is 20.4. The van der Waals surface area contributed by atoms with E-state index in [4.69, 9.17) is 0 Å². The van der Waals surface area contributed by atoms with E-state index in [1.54, 1.807) is 0 Å². The molecule has 0 saturated carbocycles. The van der Waals surface area contributed by atoms with E-state index in [0.29, 0.717) is 5.92 Å². The van der Waals surface area contributed by atoms with Gasteiger partial charge in [0.1, 0.15) is 0 Å². The van der Waals surface area contributed by atoms with Crippen molar-refractivity contribution >= 4 is 11.9 Å². The van der Waals surface area contributed by atoms with Crippen molar-refractivity contribution in [2.75, 3.05) is 13.1 Å². The van der Waals surface area contributed by atoms with E-state index < -0.39 is 0 Å².